The van der Waals surface area contributed by atoms with Crippen molar-refractivity contribution in [1.29, 1.82) is 0 Å². The van der Waals surface area contributed by atoms with Crippen molar-refractivity contribution in [3.63, 3.8) is 0 Å². The maximum atomic E-state index is 4.73. The van der Waals surface area contributed by atoms with Crippen molar-refractivity contribution in [2.24, 2.45) is 0 Å². The first-order chi connectivity index (χ1) is 17.3. The number of fused-ring (bicyclic) bond motifs is 2. The largest absolute Gasteiger partial charge is 0.340 e. The van der Waals surface area contributed by atoms with Gasteiger partial charge in [-0.15, -0.1) is 0 Å². The number of nitrogens with one attached hydrogen (secondary N) is 2. The first-order valence-corrected chi connectivity index (χ1v) is 11.1. The second-order valence-corrected chi connectivity index (χ2v) is 8.01. The molecule has 6 aromatic rings. The summed E-state index contributed by atoms with van der Waals surface area (Å²) in [7, 11) is 0. The molecule has 8 heteroatoms. The molecule has 0 radical (unpaired) electrons. The Morgan fingerprint density at radius 3 is 2.17 bits per heavy atom. The molecule has 0 saturated carbocycles. The third-order valence-corrected chi connectivity index (χ3v) is 5.48. The maximum absolute atomic E-state index is 4.73. The first-order valence-electron chi connectivity index (χ1n) is 11.1. The molecule has 6 aromatic heterocycles. The summed E-state index contributed by atoms with van der Waals surface area (Å²) in [5.41, 5.74) is 7.18. The van der Waals surface area contributed by atoms with Crippen LogP contribution >= 0.6 is 0 Å². The van der Waals surface area contributed by atoms with Crippen LogP contribution in [0.1, 0.15) is 11.3 Å². The van der Waals surface area contributed by atoms with Gasteiger partial charge in [-0.05, 0) is 72.3 Å². The molecule has 0 amide bonds. The summed E-state index contributed by atoms with van der Waals surface area (Å²) in [4.78, 5) is 26.9. The van der Waals surface area contributed by atoms with Gasteiger partial charge in [-0.2, -0.15) is 0 Å². The van der Waals surface area contributed by atoms with E-state index in [0.29, 0.717) is 6.42 Å². The van der Waals surface area contributed by atoms with E-state index in [1.54, 1.807) is 24.8 Å². The molecule has 0 saturated heterocycles. The molecule has 0 unspecified atom stereocenters. The number of pyridine rings is 6. The van der Waals surface area contributed by atoms with Crippen molar-refractivity contribution in [3.05, 3.63) is 109 Å². The van der Waals surface area contributed by atoms with Gasteiger partial charge in [0.2, 0.25) is 0 Å². The highest BCUT2D eigenvalue weighted by atomic mass is 15.0. The van der Waals surface area contributed by atoms with Crippen LogP contribution in [0.25, 0.3) is 22.1 Å². The van der Waals surface area contributed by atoms with Gasteiger partial charge >= 0.3 is 0 Å². The summed E-state index contributed by atoms with van der Waals surface area (Å²) in [6.07, 6.45) is 9.56. The fraction of sp³-hybridized carbons (Fsp3) is 0.0370. The normalized spacial score (nSPS) is 11.0. The predicted molar refractivity (Wildman–Crippen MR) is 137 cm³/mol. The van der Waals surface area contributed by atoms with Crippen molar-refractivity contribution < 1.29 is 0 Å². The van der Waals surface area contributed by atoms with Crippen LogP contribution in [0.2, 0.25) is 0 Å². The van der Waals surface area contributed by atoms with E-state index < -0.39 is 0 Å². The molecular formula is C27H20N8. The Balaban J connectivity index is 1.21. The van der Waals surface area contributed by atoms with Crippen molar-refractivity contribution >= 4 is 45.1 Å². The standard InChI is InChI=1S/C27H20N8/c1-2-24-22(30-10-1)3-5-27(34-24)33-20-9-13-29-21(16-20)14-18-15-25-23(31-17-18)4-6-26(35-25)32-19-7-11-28-12-8-19/h1-13,15-17H,14H2,(H,28,32,35)(H,29,33,34). The SMILES string of the molecule is c1cnc2ccc(Nc3ccnc(Cc4cnc5ccc(Nc6ccncc6)nc5c4)c3)nc2c1. The lowest BCUT2D eigenvalue weighted by Gasteiger charge is -2.09. The summed E-state index contributed by atoms with van der Waals surface area (Å²) in [5, 5.41) is 6.66. The Bertz CT molecular complexity index is 1640. The first kappa shape index (κ1) is 20.6. The average molecular weight is 457 g/mol. The molecule has 0 aromatic carbocycles. The maximum Gasteiger partial charge on any atom is 0.131 e. The van der Waals surface area contributed by atoms with Gasteiger partial charge in [0.15, 0.2) is 0 Å². The molecule has 0 atom stereocenters. The molecule has 35 heavy (non-hydrogen) atoms. The Hall–Kier alpha value is -4.98. The van der Waals surface area contributed by atoms with Crippen molar-refractivity contribution in [2.45, 2.75) is 6.42 Å². The van der Waals surface area contributed by atoms with Gasteiger partial charge in [0.1, 0.15) is 11.6 Å². The second-order valence-electron chi connectivity index (χ2n) is 8.01. The molecule has 168 valence electrons. The van der Waals surface area contributed by atoms with Gasteiger partial charge in [-0.1, -0.05) is 0 Å². The number of rotatable bonds is 6. The van der Waals surface area contributed by atoms with Crippen LogP contribution in [-0.4, -0.2) is 29.9 Å². The number of hydrogen-bond donors (Lipinski definition) is 2. The lowest BCUT2D eigenvalue weighted by atomic mass is 10.1. The highest BCUT2D eigenvalue weighted by molar-refractivity contribution is 5.78. The number of anilines is 4. The zero-order valence-electron chi connectivity index (χ0n) is 18.6. The Labute approximate surface area is 201 Å². The highest BCUT2D eigenvalue weighted by Gasteiger charge is 2.06. The molecule has 0 aliphatic rings. The van der Waals surface area contributed by atoms with E-state index in [4.69, 9.17) is 4.98 Å². The van der Waals surface area contributed by atoms with Gasteiger partial charge in [0.05, 0.1) is 22.1 Å². The average Bonchev–Trinajstić information content (AvgIpc) is 2.89. The van der Waals surface area contributed by atoms with E-state index in [-0.39, 0.29) is 0 Å². The predicted octanol–water partition coefficient (Wildman–Crippen LogP) is 5.44. The van der Waals surface area contributed by atoms with Crippen LogP contribution in [0.3, 0.4) is 0 Å². The van der Waals surface area contributed by atoms with Gasteiger partial charge in [-0.3, -0.25) is 19.9 Å². The fourth-order valence-electron chi connectivity index (χ4n) is 3.83. The highest BCUT2D eigenvalue weighted by Crippen LogP contribution is 2.21. The molecule has 6 heterocycles. The summed E-state index contributed by atoms with van der Waals surface area (Å²) < 4.78 is 0. The minimum absolute atomic E-state index is 0.636. The number of aromatic nitrogens is 6. The van der Waals surface area contributed by atoms with Gasteiger partial charge in [-0.25, -0.2) is 9.97 Å². The van der Waals surface area contributed by atoms with E-state index in [2.05, 4.69) is 41.6 Å². The summed E-state index contributed by atoms with van der Waals surface area (Å²) >= 11 is 0. The Morgan fingerprint density at radius 2 is 1.31 bits per heavy atom. The number of hydrogen-bond acceptors (Lipinski definition) is 8. The summed E-state index contributed by atoms with van der Waals surface area (Å²) in [5.74, 6) is 1.51. The third kappa shape index (κ3) is 4.72. The van der Waals surface area contributed by atoms with E-state index >= 15 is 0 Å². The fourth-order valence-corrected chi connectivity index (χ4v) is 3.83. The van der Waals surface area contributed by atoms with Gasteiger partial charge in [0, 0.05) is 54.5 Å². The van der Waals surface area contributed by atoms with Crippen LogP contribution in [-0.2, 0) is 6.42 Å². The molecule has 6 rings (SSSR count). The molecule has 0 bridgehead atoms. The smallest absolute Gasteiger partial charge is 0.131 e. The van der Waals surface area contributed by atoms with Crippen LogP contribution in [0, 0.1) is 0 Å². The quantitative estimate of drug-likeness (QED) is 0.342. The van der Waals surface area contributed by atoms with Crippen LogP contribution in [0.15, 0.2) is 97.7 Å². The van der Waals surface area contributed by atoms with E-state index in [0.717, 1.165) is 56.3 Å². The zero-order chi connectivity index (χ0) is 23.5. The Kier molecular flexibility index (Phi) is 5.36. The van der Waals surface area contributed by atoms with Crippen molar-refractivity contribution in [1.82, 2.24) is 29.9 Å². The topological polar surface area (TPSA) is 101 Å². The minimum Gasteiger partial charge on any atom is -0.340 e. The molecule has 0 aliphatic carbocycles. The molecule has 0 aliphatic heterocycles. The molecule has 0 spiro atoms. The summed E-state index contributed by atoms with van der Waals surface area (Å²) in [6, 6.07) is 21.4. The van der Waals surface area contributed by atoms with Crippen LogP contribution < -0.4 is 10.6 Å². The molecule has 2 N–H and O–H groups in total. The molecular weight excluding hydrogens is 436 g/mol. The summed E-state index contributed by atoms with van der Waals surface area (Å²) in [6.45, 7) is 0. The molecule has 8 nitrogen and oxygen atoms in total. The Morgan fingerprint density at radius 1 is 0.571 bits per heavy atom. The van der Waals surface area contributed by atoms with E-state index in [9.17, 15) is 0 Å². The van der Waals surface area contributed by atoms with E-state index in [1.165, 1.54) is 0 Å². The minimum atomic E-state index is 0.636. The van der Waals surface area contributed by atoms with Crippen LogP contribution in [0.5, 0.6) is 0 Å². The van der Waals surface area contributed by atoms with Gasteiger partial charge in [0.25, 0.3) is 0 Å². The lowest BCUT2D eigenvalue weighted by molar-refractivity contribution is 1.06. The van der Waals surface area contributed by atoms with Crippen LogP contribution in [0.4, 0.5) is 23.0 Å². The van der Waals surface area contributed by atoms with Crippen molar-refractivity contribution in [2.75, 3.05) is 10.6 Å². The zero-order valence-corrected chi connectivity index (χ0v) is 18.6. The third-order valence-electron chi connectivity index (χ3n) is 5.48. The second kappa shape index (κ2) is 9.11. The lowest BCUT2D eigenvalue weighted by Crippen LogP contribution is -1.99. The monoisotopic (exact) mass is 456 g/mol. The molecule has 0 fully saturated rings. The number of nitrogens with zero attached hydrogens (tertiary/aromatic N) is 6. The van der Waals surface area contributed by atoms with Crippen molar-refractivity contribution in [3.8, 4) is 0 Å². The van der Waals surface area contributed by atoms with E-state index in [1.807, 2.05) is 66.9 Å². The van der Waals surface area contributed by atoms with Gasteiger partial charge < -0.3 is 10.6 Å².